The zero-order chi connectivity index (χ0) is 63.6. The molecule has 0 radical (unpaired) electrons. The second-order valence-electron chi connectivity index (χ2n) is 23.8. The topological polar surface area (TPSA) is 175 Å². The van der Waals surface area contributed by atoms with Gasteiger partial charge in [0.05, 0.1) is 113 Å². The Bertz CT molecular complexity index is 4320. The van der Waals surface area contributed by atoms with Crippen molar-refractivity contribution >= 4 is 90.7 Å². The molecular weight excluding hydrogens is 1380 g/mol. The molecule has 1 aromatic carbocycles. The van der Waals surface area contributed by atoms with Gasteiger partial charge in [0.25, 0.3) is 0 Å². The molecule has 0 bridgehead atoms. The minimum absolute atomic E-state index is 0.0628. The fourth-order valence-corrected chi connectivity index (χ4v) is 22.6. The predicted octanol–water partition coefficient (Wildman–Crippen LogP) is 15.9. The van der Waals surface area contributed by atoms with Crippen molar-refractivity contribution in [1.29, 1.82) is 0 Å². The van der Waals surface area contributed by atoms with Crippen LogP contribution in [0.15, 0.2) is 29.6 Å². The molecule has 0 aliphatic carbocycles. The Morgan fingerprint density at radius 1 is 0.337 bits per heavy atom. The molecule has 8 aliphatic heterocycles. The summed E-state index contributed by atoms with van der Waals surface area (Å²) in [6, 6.07) is 8.23. The number of ether oxygens (including phenoxy) is 19. The van der Waals surface area contributed by atoms with E-state index in [0.717, 1.165) is 128 Å². The largest absolute Gasteiger partial charge is 0.492 e. The van der Waals surface area contributed by atoms with Crippen LogP contribution in [0.4, 0.5) is 0 Å². The molecule has 27 heteroatoms. The van der Waals surface area contributed by atoms with Gasteiger partial charge in [-0.2, -0.15) is 0 Å². The van der Waals surface area contributed by atoms with Gasteiger partial charge in [-0.15, -0.1) is 90.7 Å². The van der Waals surface area contributed by atoms with Crippen molar-refractivity contribution in [3.63, 3.8) is 0 Å². The highest BCUT2D eigenvalue weighted by Gasteiger charge is 2.42. The number of thiophene rings is 8. The summed E-state index contributed by atoms with van der Waals surface area (Å²) >= 11 is 12.9. The molecule has 0 saturated carbocycles. The minimum Gasteiger partial charge on any atom is -0.492 e. The fraction of sp³-hybridized carbons (Fsp3) is 0.441. The highest BCUT2D eigenvalue weighted by Crippen LogP contribution is 2.70. The lowest BCUT2D eigenvalue weighted by Gasteiger charge is -2.19. The zero-order valence-corrected chi connectivity index (χ0v) is 58.8. The molecule has 0 saturated heterocycles. The number of rotatable bonds is 21. The summed E-state index contributed by atoms with van der Waals surface area (Å²) in [5.41, 5.74) is 2.53. The van der Waals surface area contributed by atoms with Crippen LogP contribution in [-0.4, -0.2) is 145 Å². The highest BCUT2D eigenvalue weighted by molar-refractivity contribution is 7.33. The Kier molecular flexibility index (Phi) is 17.5. The molecule has 0 fully saturated rings. The average molecular weight is 1440 g/mol. The maximum Gasteiger partial charge on any atom is 0.181 e. The summed E-state index contributed by atoms with van der Waals surface area (Å²) in [4.78, 5) is 13.7. The Labute approximate surface area is 579 Å². The van der Waals surface area contributed by atoms with E-state index in [1.165, 1.54) is 11.1 Å². The first-order valence-electron chi connectivity index (χ1n) is 32.0. The minimum atomic E-state index is 0.0628. The van der Waals surface area contributed by atoms with Crippen molar-refractivity contribution in [2.75, 3.05) is 145 Å². The lowest BCUT2D eigenvalue weighted by Crippen LogP contribution is -2.16. The van der Waals surface area contributed by atoms with Gasteiger partial charge < -0.3 is 90.0 Å². The smallest absolute Gasteiger partial charge is 0.181 e. The summed E-state index contributed by atoms with van der Waals surface area (Å²) in [5, 5.41) is 2.21. The normalized spacial score (nSPS) is 16.4. The second kappa shape index (κ2) is 26.7. The van der Waals surface area contributed by atoms with Crippen molar-refractivity contribution in [3.05, 3.63) is 45.6 Å². The molecule has 0 atom stereocenters. The van der Waals surface area contributed by atoms with Crippen LogP contribution in [0.3, 0.4) is 0 Å². The molecule has 19 nitrogen and oxygen atoms in total. The van der Waals surface area contributed by atoms with Crippen LogP contribution in [0.5, 0.6) is 92.0 Å². The van der Waals surface area contributed by atoms with E-state index in [1.807, 2.05) is 12.1 Å². The molecule has 500 valence electrons. The predicted molar refractivity (Wildman–Crippen MR) is 370 cm³/mol. The average Bonchev–Trinajstić information content (AvgIpc) is 1.58. The maximum absolute atomic E-state index is 6.66. The van der Waals surface area contributed by atoms with Gasteiger partial charge in [0, 0.05) is 12.2 Å². The van der Waals surface area contributed by atoms with Crippen LogP contribution >= 0.6 is 90.7 Å². The second-order valence-corrected chi connectivity index (χ2v) is 31.9. The first-order valence-corrected chi connectivity index (χ1v) is 38.6. The van der Waals surface area contributed by atoms with Crippen LogP contribution in [0, 0.1) is 0 Å². The van der Waals surface area contributed by atoms with Crippen molar-refractivity contribution < 1.29 is 90.0 Å². The van der Waals surface area contributed by atoms with Gasteiger partial charge >= 0.3 is 0 Å². The van der Waals surface area contributed by atoms with Crippen LogP contribution in [-0.2, 0) is 32.5 Å². The van der Waals surface area contributed by atoms with Crippen molar-refractivity contribution in [3.8, 4) is 160 Å². The van der Waals surface area contributed by atoms with E-state index >= 15 is 0 Å². The Morgan fingerprint density at radius 2 is 0.653 bits per heavy atom. The van der Waals surface area contributed by atoms with Gasteiger partial charge in [-0.05, 0) is 54.2 Å². The summed E-state index contributed by atoms with van der Waals surface area (Å²) < 4.78 is 122. The van der Waals surface area contributed by atoms with Crippen molar-refractivity contribution in [2.24, 2.45) is 0 Å². The van der Waals surface area contributed by atoms with E-state index in [2.05, 4.69) is 38.3 Å². The molecule has 8 aromatic heterocycles. The molecule has 95 heavy (non-hydrogen) atoms. The lowest BCUT2D eigenvalue weighted by atomic mass is 9.87. The molecule has 0 N–H and O–H groups in total. The molecule has 0 amide bonds. The van der Waals surface area contributed by atoms with E-state index in [0.29, 0.717) is 209 Å². The summed E-state index contributed by atoms with van der Waals surface area (Å²) in [7, 11) is 0. The highest BCUT2D eigenvalue weighted by atomic mass is 32.1. The zero-order valence-electron chi connectivity index (χ0n) is 52.3. The summed E-state index contributed by atoms with van der Waals surface area (Å²) in [6.07, 6.45) is 3.52. The first-order chi connectivity index (χ1) is 46.8. The third-order valence-corrected chi connectivity index (χ3v) is 26.9. The Balaban J connectivity index is 0.634. The first kappa shape index (κ1) is 62.0. The molecule has 17 rings (SSSR count). The number of aryl methyl sites for hydroxylation is 2. The third-order valence-electron chi connectivity index (χ3n) is 16.6. The van der Waals surface area contributed by atoms with Gasteiger partial charge in [0.2, 0.25) is 0 Å². The molecular formula is C68H66O19S8. The van der Waals surface area contributed by atoms with Gasteiger partial charge in [0.1, 0.15) is 111 Å². The molecule has 8 aliphatic rings. The number of hydrogen-bond donors (Lipinski definition) is 0. The lowest BCUT2D eigenvalue weighted by molar-refractivity contribution is 0.00903. The van der Waals surface area contributed by atoms with E-state index in [1.54, 1.807) is 90.7 Å². The standard InChI is InChI=1S/C68H66O19S8/c1-68(2,3)36-8-4-9-37(33-36)72-18-17-71-16-15-70-14-13-69-11-6-10-38-40-41(75-20-19-74-40)56(89-38)57-44-45(79-24-23-78-44)60(91-57)61-48-49(83-28-27-82-48)64(93-61)65-52-53(87-32-31-86-52)67(95-65)66-51-50(84-29-30-85-51)63(94-66)62-47-46(80-25-26-81-47)59(92-62)58-43-42(76-21-22-77-43)55(90-58)54-39-35(34-88-54)7-5-12-73-39/h4,8-9,33-34H,5-7,10-32H2,1-3H3. The van der Waals surface area contributed by atoms with Crippen LogP contribution < -0.4 is 75.8 Å². The van der Waals surface area contributed by atoms with Crippen LogP contribution in [0.2, 0.25) is 0 Å². The monoisotopic (exact) mass is 1440 g/mol. The SMILES string of the molecule is CC(C)(C)c1cccc(OCCOCCOCCOCCCc2sc(-c3sc(-c4sc(-c5sc(-c6sc(-c7sc(-c8sc(-c9scc%10c9OCCC%10)c9c8OCCO9)c8c7OCCO8)c7c6OCCO7)c6c5OCCO6)c5c4OCCO5)c4c3OCCO4)c3c2OCCO3)c1. The van der Waals surface area contributed by atoms with Crippen LogP contribution in [0.25, 0.3) is 68.3 Å². The molecule has 0 unspecified atom stereocenters. The van der Waals surface area contributed by atoms with E-state index in [-0.39, 0.29) is 5.41 Å². The maximum atomic E-state index is 6.66. The quantitative estimate of drug-likeness (QED) is 0.0620. The number of fused-ring (bicyclic) bond motifs is 8. The van der Waals surface area contributed by atoms with Gasteiger partial charge in [-0.1, -0.05) is 32.9 Å². The van der Waals surface area contributed by atoms with E-state index in [9.17, 15) is 0 Å². The van der Waals surface area contributed by atoms with Gasteiger partial charge in [-0.25, -0.2) is 0 Å². The summed E-state index contributed by atoms with van der Waals surface area (Å²) in [5.74, 6) is 11.2. The fourth-order valence-electron chi connectivity index (χ4n) is 12.3. The van der Waals surface area contributed by atoms with E-state index < -0.39 is 0 Å². The van der Waals surface area contributed by atoms with Gasteiger partial charge in [-0.3, -0.25) is 0 Å². The Hall–Kier alpha value is -6.50. The number of hydrogen-bond acceptors (Lipinski definition) is 27. The van der Waals surface area contributed by atoms with E-state index in [4.69, 9.17) is 90.0 Å². The number of benzene rings is 1. The molecule has 16 heterocycles. The summed E-state index contributed by atoms with van der Waals surface area (Å²) in [6.45, 7) is 16.3. The van der Waals surface area contributed by atoms with Crippen molar-refractivity contribution in [2.45, 2.75) is 51.9 Å². The van der Waals surface area contributed by atoms with Crippen LogP contribution in [0.1, 0.15) is 49.6 Å². The van der Waals surface area contributed by atoms with Gasteiger partial charge in [0.15, 0.2) is 80.5 Å². The molecule has 9 aromatic rings. The Morgan fingerprint density at radius 3 is 1.03 bits per heavy atom. The molecule has 0 spiro atoms. The third kappa shape index (κ3) is 11.6. The van der Waals surface area contributed by atoms with Crippen molar-refractivity contribution in [1.82, 2.24) is 0 Å².